The molecule has 0 aliphatic carbocycles. The third kappa shape index (κ3) is 2.37. The fourth-order valence-corrected chi connectivity index (χ4v) is 1.96. The third-order valence-corrected chi connectivity index (χ3v) is 2.97. The molecule has 0 spiro atoms. The molecule has 18 heavy (non-hydrogen) atoms. The molecule has 1 atom stereocenters. The van der Waals surface area contributed by atoms with Crippen molar-refractivity contribution in [3.63, 3.8) is 0 Å². The van der Waals surface area contributed by atoms with Crippen molar-refractivity contribution in [2.75, 3.05) is 5.32 Å². The highest BCUT2D eigenvalue weighted by atomic mass is 16.5. The van der Waals surface area contributed by atoms with E-state index < -0.39 is 6.10 Å². The van der Waals surface area contributed by atoms with Gasteiger partial charge in [-0.1, -0.05) is 13.8 Å². The summed E-state index contributed by atoms with van der Waals surface area (Å²) in [5, 5.41) is 2.78. The number of Topliss-reactive ketones (excluding diaryl/α,β-unsaturated/α-hetero) is 1. The molecule has 1 aromatic rings. The van der Waals surface area contributed by atoms with Crippen LogP contribution in [0.3, 0.4) is 0 Å². The zero-order chi connectivity index (χ0) is 13.1. The van der Waals surface area contributed by atoms with Crippen molar-refractivity contribution >= 4 is 17.4 Å². The number of ether oxygens (including phenoxy) is 1. The summed E-state index contributed by atoms with van der Waals surface area (Å²) >= 11 is 0. The lowest BCUT2D eigenvalue weighted by Crippen LogP contribution is -2.36. The molecule has 1 unspecified atom stereocenters. The maximum Gasteiger partial charge on any atom is 0.265 e. The smallest absolute Gasteiger partial charge is 0.265 e. The van der Waals surface area contributed by atoms with Crippen LogP contribution in [0.5, 0.6) is 5.75 Å². The van der Waals surface area contributed by atoms with Crippen LogP contribution in [0.15, 0.2) is 18.2 Å². The largest absolute Gasteiger partial charge is 0.478 e. The maximum absolute atomic E-state index is 11.8. The third-order valence-electron chi connectivity index (χ3n) is 2.97. The molecule has 96 valence electrons. The lowest BCUT2D eigenvalue weighted by molar-refractivity contribution is -0.123. The number of hydrogen-bond acceptors (Lipinski definition) is 3. The summed E-state index contributed by atoms with van der Waals surface area (Å²) in [4.78, 5) is 23.5. The van der Waals surface area contributed by atoms with Crippen LogP contribution < -0.4 is 10.1 Å². The molecule has 1 amide bonds. The number of anilines is 1. The molecule has 0 aromatic heterocycles. The van der Waals surface area contributed by atoms with Crippen LogP contribution in [0.2, 0.25) is 0 Å². The van der Waals surface area contributed by atoms with E-state index in [1.165, 1.54) is 0 Å². The Balaban J connectivity index is 2.26. The molecule has 1 aromatic carbocycles. The highest BCUT2D eigenvalue weighted by Crippen LogP contribution is 2.31. The van der Waals surface area contributed by atoms with Crippen molar-refractivity contribution in [2.24, 2.45) is 0 Å². The first-order chi connectivity index (χ1) is 8.65. The molecule has 2 rings (SSSR count). The summed E-state index contributed by atoms with van der Waals surface area (Å²) in [6.07, 6.45) is 1.53. The molecule has 1 N–H and O–H groups in total. The lowest BCUT2D eigenvalue weighted by Gasteiger charge is -2.25. The Labute approximate surface area is 106 Å². The quantitative estimate of drug-likeness (QED) is 0.832. The van der Waals surface area contributed by atoms with E-state index in [0.29, 0.717) is 29.8 Å². The van der Waals surface area contributed by atoms with Gasteiger partial charge in [-0.3, -0.25) is 9.59 Å². The van der Waals surface area contributed by atoms with E-state index in [9.17, 15) is 9.59 Å². The van der Waals surface area contributed by atoms with Gasteiger partial charge in [0.25, 0.3) is 5.91 Å². The molecule has 0 saturated carbocycles. The fraction of sp³-hybridized carbons (Fsp3) is 0.429. The van der Waals surface area contributed by atoms with Gasteiger partial charge in [0.1, 0.15) is 5.75 Å². The minimum atomic E-state index is -0.435. The number of benzene rings is 1. The number of carbonyl (C=O) groups excluding carboxylic acids is 2. The van der Waals surface area contributed by atoms with Crippen LogP contribution >= 0.6 is 0 Å². The molecule has 4 heteroatoms. The molecule has 4 nitrogen and oxygen atoms in total. The van der Waals surface area contributed by atoms with Crippen LogP contribution in [-0.2, 0) is 4.79 Å². The zero-order valence-electron chi connectivity index (χ0n) is 10.7. The first-order valence-corrected chi connectivity index (χ1v) is 6.30. The summed E-state index contributed by atoms with van der Waals surface area (Å²) in [7, 11) is 0. The van der Waals surface area contributed by atoms with E-state index in [-0.39, 0.29) is 11.7 Å². The first kappa shape index (κ1) is 12.6. The van der Waals surface area contributed by atoms with Crippen molar-refractivity contribution in [1.29, 1.82) is 0 Å². The Morgan fingerprint density at radius 3 is 2.83 bits per heavy atom. The molecule has 1 aliphatic heterocycles. The highest BCUT2D eigenvalue weighted by Gasteiger charge is 2.26. The standard InChI is InChI=1S/C14H17NO3/c1-3-5-11(16)9-6-7-13-10(8-9)15-14(17)12(4-2)18-13/h6-8,12H,3-5H2,1-2H3,(H,15,17). The normalized spacial score (nSPS) is 17.7. The van der Waals surface area contributed by atoms with Gasteiger partial charge >= 0.3 is 0 Å². The van der Waals surface area contributed by atoms with Crippen molar-refractivity contribution in [1.82, 2.24) is 0 Å². The van der Waals surface area contributed by atoms with E-state index in [2.05, 4.69) is 5.32 Å². The van der Waals surface area contributed by atoms with Crippen LogP contribution in [0.25, 0.3) is 0 Å². The fourth-order valence-electron chi connectivity index (χ4n) is 1.96. The van der Waals surface area contributed by atoms with E-state index in [1.807, 2.05) is 13.8 Å². The monoisotopic (exact) mass is 247 g/mol. The first-order valence-electron chi connectivity index (χ1n) is 6.30. The number of hydrogen-bond donors (Lipinski definition) is 1. The average molecular weight is 247 g/mol. The second-order valence-electron chi connectivity index (χ2n) is 4.39. The van der Waals surface area contributed by atoms with Gasteiger partial charge in [-0.05, 0) is 31.0 Å². The van der Waals surface area contributed by atoms with E-state index >= 15 is 0 Å². The number of amides is 1. The van der Waals surface area contributed by atoms with Gasteiger partial charge in [0.2, 0.25) is 0 Å². The predicted molar refractivity (Wildman–Crippen MR) is 69.0 cm³/mol. The molecule has 1 aliphatic rings. The Hall–Kier alpha value is -1.84. The molecule has 0 bridgehead atoms. The van der Waals surface area contributed by atoms with Gasteiger partial charge in [-0.25, -0.2) is 0 Å². The molecule has 1 heterocycles. The number of nitrogens with one attached hydrogen (secondary N) is 1. The van der Waals surface area contributed by atoms with Gasteiger partial charge in [-0.15, -0.1) is 0 Å². The molecular formula is C14H17NO3. The van der Waals surface area contributed by atoms with Crippen LogP contribution in [0.1, 0.15) is 43.5 Å². The minimum absolute atomic E-state index is 0.0900. The highest BCUT2D eigenvalue weighted by molar-refractivity contribution is 6.01. The second-order valence-corrected chi connectivity index (χ2v) is 4.39. The Morgan fingerprint density at radius 2 is 2.17 bits per heavy atom. The van der Waals surface area contributed by atoms with Crippen molar-refractivity contribution in [2.45, 2.75) is 39.2 Å². The summed E-state index contributed by atoms with van der Waals surface area (Å²) < 4.78 is 5.56. The van der Waals surface area contributed by atoms with Crippen LogP contribution in [0, 0.1) is 0 Å². The van der Waals surface area contributed by atoms with E-state index in [4.69, 9.17) is 4.74 Å². The Kier molecular flexibility index (Phi) is 3.65. The SMILES string of the molecule is CCCC(=O)c1ccc2c(c1)NC(=O)C(CC)O2. The maximum atomic E-state index is 11.8. The number of rotatable bonds is 4. The lowest BCUT2D eigenvalue weighted by atomic mass is 10.0. The van der Waals surface area contributed by atoms with Crippen molar-refractivity contribution < 1.29 is 14.3 Å². The van der Waals surface area contributed by atoms with Gasteiger partial charge in [-0.2, -0.15) is 0 Å². The Morgan fingerprint density at radius 1 is 1.39 bits per heavy atom. The summed E-state index contributed by atoms with van der Waals surface area (Å²) in [6.45, 7) is 3.86. The molecule has 0 saturated heterocycles. The second kappa shape index (κ2) is 5.21. The molecule has 0 fully saturated rings. The summed E-state index contributed by atoms with van der Waals surface area (Å²) in [6, 6.07) is 5.19. The van der Waals surface area contributed by atoms with E-state index in [1.54, 1.807) is 18.2 Å². The van der Waals surface area contributed by atoms with E-state index in [0.717, 1.165) is 6.42 Å². The van der Waals surface area contributed by atoms with Gasteiger partial charge < -0.3 is 10.1 Å². The summed E-state index contributed by atoms with van der Waals surface area (Å²) in [5.74, 6) is 0.576. The van der Waals surface area contributed by atoms with Gasteiger partial charge in [0.05, 0.1) is 5.69 Å². The van der Waals surface area contributed by atoms with Crippen LogP contribution in [0.4, 0.5) is 5.69 Å². The Bertz CT molecular complexity index is 482. The number of fused-ring (bicyclic) bond motifs is 1. The van der Waals surface area contributed by atoms with Gasteiger partial charge in [0.15, 0.2) is 11.9 Å². The zero-order valence-corrected chi connectivity index (χ0v) is 10.7. The number of ketones is 1. The summed E-state index contributed by atoms with van der Waals surface area (Å²) in [5.41, 5.74) is 1.21. The average Bonchev–Trinajstić information content (AvgIpc) is 2.37. The number of carbonyl (C=O) groups is 2. The van der Waals surface area contributed by atoms with Crippen molar-refractivity contribution in [3.8, 4) is 5.75 Å². The molecular weight excluding hydrogens is 230 g/mol. The van der Waals surface area contributed by atoms with Crippen molar-refractivity contribution in [3.05, 3.63) is 23.8 Å². The molecule has 0 radical (unpaired) electrons. The van der Waals surface area contributed by atoms with Crippen LogP contribution in [-0.4, -0.2) is 17.8 Å². The topological polar surface area (TPSA) is 55.4 Å². The predicted octanol–water partition coefficient (Wildman–Crippen LogP) is 2.78. The van der Waals surface area contributed by atoms with Gasteiger partial charge in [0, 0.05) is 12.0 Å². The minimum Gasteiger partial charge on any atom is -0.478 e.